The van der Waals surface area contributed by atoms with E-state index in [1.807, 2.05) is 42.3 Å². The van der Waals surface area contributed by atoms with Gasteiger partial charge in [-0.05, 0) is 24.6 Å². The number of fused-ring (bicyclic) bond motifs is 1. The highest BCUT2D eigenvalue weighted by Gasteiger charge is 2.11. The molecular weight excluding hydrogens is 250 g/mol. The van der Waals surface area contributed by atoms with Gasteiger partial charge < -0.3 is 10.3 Å². The van der Waals surface area contributed by atoms with E-state index in [0.29, 0.717) is 0 Å². The van der Waals surface area contributed by atoms with E-state index in [1.54, 1.807) is 0 Å². The van der Waals surface area contributed by atoms with Crippen LogP contribution in [0.3, 0.4) is 0 Å². The first kappa shape index (κ1) is 12.7. The molecule has 0 aliphatic heterocycles. The number of hydrogen-bond acceptors (Lipinski definition) is 3. The molecule has 0 saturated heterocycles. The number of aryl methyl sites for hydroxylation is 2. The standard InChI is InChI=1S/C15H19N5/c1-3-4-15-18-13-7-12(16)5-6-14(13)20(15)10-11-8-17-19(2)9-11/h5-9H,3-4,10,16H2,1-2H3. The fraction of sp³-hybridized carbons (Fsp3) is 0.333. The van der Waals surface area contributed by atoms with E-state index in [1.165, 1.54) is 5.56 Å². The van der Waals surface area contributed by atoms with Gasteiger partial charge in [0.1, 0.15) is 5.82 Å². The molecule has 1 aromatic carbocycles. The Hall–Kier alpha value is -2.30. The average Bonchev–Trinajstić information content (AvgIpc) is 2.95. The molecule has 0 radical (unpaired) electrons. The number of benzene rings is 1. The molecule has 0 aliphatic rings. The lowest BCUT2D eigenvalue weighted by Gasteiger charge is -2.07. The van der Waals surface area contributed by atoms with Crippen LogP contribution in [-0.2, 0) is 20.0 Å². The van der Waals surface area contributed by atoms with Gasteiger partial charge in [0.2, 0.25) is 0 Å². The van der Waals surface area contributed by atoms with Crippen molar-refractivity contribution in [2.24, 2.45) is 7.05 Å². The fourth-order valence-electron chi connectivity index (χ4n) is 2.52. The van der Waals surface area contributed by atoms with E-state index < -0.39 is 0 Å². The number of nitrogens with two attached hydrogens (primary N) is 1. The minimum atomic E-state index is 0.756. The number of anilines is 1. The van der Waals surface area contributed by atoms with Crippen molar-refractivity contribution < 1.29 is 0 Å². The van der Waals surface area contributed by atoms with Gasteiger partial charge in [0.05, 0.1) is 23.8 Å². The molecule has 5 nitrogen and oxygen atoms in total. The van der Waals surface area contributed by atoms with Gasteiger partial charge in [-0.25, -0.2) is 4.98 Å². The summed E-state index contributed by atoms with van der Waals surface area (Å²) in [6.07, 6.45) is 5.98. The van der Waals surface area contributed by atoms with Crippen LogP contribution in [0, 0.1) is 0 Å². The molecule has 2 N–H and O–H groups in total. The summed E-state index contributed by atoms with van der Waals surface area (Å²) in [4.78, 5) is 4.72. The number of imidazole rings is 1. The third kappa shape index (κ3) is 2.27. The van der Waals surface area contributed by atoms with Gasteiger partial charge in [-0.15, -0.1) is 0 Å². The summed E-state index contributed by atoms with van der Waals surface area (Å²) in [7, 11) is 1.93. The number of aromatic nitrogens is 4. The topological polar surface area (TPSA) is 61.7 Å². The van der Waals surface area contributed by atoms with Crippen molar-refractivity contribution in [3.8, 4) is 0 Å². The second-order valence-corrected chi connectivity index (χ2v) is 5.13. The first-order valence-electron chi connectivity index (χ1n) is 6.89. The SMILES string of the molecule is CCCc1nc2cc(N)ccc2n1Cc1cnn(C)c1. The van der Waals surface area contributed by atoms with Crippen molar-refractivity contribution in [2.45, 2.75) is 26.3 Å². The zero-order valence-electron chi connectivity index (χ0n) is 11.9. The van der Waals surface area contributed by atoms with Crippen LogP contribution in [0.1, 0.15) is 24.7 Å². The highest BCUT2D eigenvalue weighted by molar-refractivity contribution is 5.79. The van der Waals surface area contributed by atoms with Crippen molar-refractivity contribution >= 4 is 16.7 Å². The van der Waals surface area contributed by atoms with Crippen LogP contribution < -0.4 is 5.73 Å². The fourth-order valence-corrected chi connectivity index (χ4v) is 2.52. The molecule has 104 valence electrons. The maximum atomic E-state index is 5.85. The van der Waals surface area contributed by atoms with Crippen LogP contribution >= 0.6 is 0 Å². The Morgan fingerprint density at radius 3 is 2.85 bits per heavy atom. The Labute approximate surface area is 118 Å². The molecule has 3 rings (SSSR count). The monoisotopic (exact) mass is 269 g/mol. The summed E-state index contributed by atoms with van der Waals surface area (Å²) in [5, 5.41) is 4.23. The zero-order valence-corrected chi connectivity index (χ0v) is 11.9. The molecule has 0 saturated carbocycles. The van der Waals surface area contributed by atoms with Crippen LogP contribution in [0.15, 0.2) is 30.6 Å². The highest BCUT2D eigenvalue weighted by Crippen LogP contribution is 2.21. The summed E-state index contributed by atoms with van der Waals surface area (Å²) in [6, 6.07) is 5.92. The summed E-state index contributed by atoms with van der Waals surface area (Å²) < 4.78 is 4.08. The number of rotatable bonds is 4. The van der Waals surface area contributed by atoms with E-state index in [-0.39, 0.29) is 0 Å². The van der Waals surface area contributed by atoms with Crippen LogP contribution in [0.2, 0.25) is 0 Å². The molecule has 0 atom stereocenters. The molecule has 0 bridgehead atoms. The van der Waals surface area contributed by atoms with Crippen LogP contribution in [0.25, 0.3) is 11.0 Å². The highest BCUT2D eigenvalue weighted by atomic mass is 15.2. The van der Waals surface area contributed by atoms with E-state index in [0.717, 1.165) is 41.9 Å². The Bertz CT molecular complexity index is 738. The molecule has 0 fully saturated rings. The molecule has 0 unspecified atom stereocenters. The summed E-state index contributed by atoms with van der Waals surface area (Å²) in [5.41, 5.74) is 9.89. The third-order valence-corrected chi connectivity index (χ3v) is 3.42. The van der Waals surface area contributed by atoms with Gasteiger partial charge >= 0.3 is 0 Å². The predicted octanol–water partition coefficient (Wildman–Crippen LogP) is 2.35. The minimum absolute atomic E-state index is 0.756. The van der Waals surface area contributed by atoms with Crippen LogP contribution in [-0.4, -0.2) is 19.3 Å². The van der Waals surface area contributed by atoms with E-state index in [9.17, 15) is 0 Å². The van der Waals surface area contributed by atoms with E-state index in [2.05, 4.69) is 16.6 Å². The first-order chi connectivity index (χ1) is 9.67. The second-order valence-electron chi connectivity index (χ2n) is 5.13. The Kier molecular flexibility index (Phi) is 3.18. The van der Waals surface area contributed by atoms with E-state index >= 15 is 0 Å². The Balaban J connectivity index is 2.08. The maximum Gasteiger partial charge on any atom is 0.110 e. The number of hydrogen-bond donors (Lipinski definition) is 1. The van der Waals surface area contributed by atoms with Crippen molar-refractivity contribution in [2.75, 3.05) is 5.73 Å². The third-order valence-electron chi connectivity index (χ3n) is 3.42. The van der Waals surface area contributed by atoms with Crippen LogP contribution in [0.5, 0.6) is 0 Å². The van der Waals surface area contributed by atoms with Gasteiger partial charge in [-0.2, -0.15) is 5.10 Å². The lowest BCUT2D eigenvalue weighted by atomic mass is 10.2. The summed E-state index contributed by atoms with van der Waals surface area (Å²) in [5.74, 6) is 1.11. The molecule has 5 heteroatoms. The molecule has 2 heterocycles. The lowest BCUT2D eigenvalue weighted by molar-refractivity contribution is 0.719. The second kappa shape index (κ2) is 5.00. The predicted molar refractivity (Wildman–Crippen MR) is 80.5 cm³/mol. The molecule has 0 spiro atoms. The zero-order chi connectivity index (χ0) is 14.1. The van der Waals surface area contributed by atoms with E-state index in [4.69, 9.17) is 10.7 Å². The lowest BCUT2D eigenvalue weighted by Crippen LogP contribution is -2.04. The van der Waals surface area contributed by atoms with Crippen LogP contribution in [0.4, 0.5) is 5.69 Å². The summed E-state index contributed by atoms with van der Waals surface area (Å²) >= 11 is 0. The molecule has 0 amide bonds. The first-order valence-corrected chi connectivity index (χ1v) is 6.89. The minimum Gasteiger partial charge on any atom is -0.399 e. The number of nitrogens with zero attached hydrogens (tertiary/aromatic N) is 4. The Morgan fingerprint density at radius 2 is 2.15 bits per heavy atom. The smallest absolute Gasteiger partial charge is 0.110 e. The van der Waals surface area contributed by atoms with Gasteiger partial charge in [-0.1, -0.05) is 6.92 Å². The van der Waals surface area contributed by atoms with Gasteiger partial charge in [0.25, 0.3) is 0 Å². The molecule has 3 aromatic rings. The molecular formula is C15H19N5. The normalized spacial score (nSPS) is 11.3. The summed E-state index contributed by atoms with van der Waals surface area (Å²) in [6.45, 7) is 2.96. The Morgan fingerprint density at radius 1 is 1.30 bits per heavy atom. The van der Waals surface area contributed by atoms with Crippen molar-refractivity contribution in [3.63, 3.8) is 0 Å². The quantitative estimate of drug-likeness (QED) is 0.740. The molecule has 20 heavy (non-hydrogen) atoms. The molecule has 0 aliphatic carbocycles. The number of nitrogen functional groups attached to an aromatic ring is 1. The van der Waals surface area contributed by atoms with Crippen molar-refractivity contribution in [1.82, 2.24) is 19.3 Å². The van der Waals surface area contributed by atoms with Gasteiger partial charge in [0, 0.05) is 30.9 Å². The molecule has 2 aromatic heterocycles. The van der Waals surface area contributed by atoms with Gasteiger partial charge in [-0.3, -0.25) is 4.68 Å². The van der Waals surface area contributed by atoms with Gasteiger partial charge in [0.15, 0.2) is 0 Å². The van der Waals surface area contributed by atoms with Crippen molar-refractivity contribution in [1.29, 1.82) is 0 Å². The van der Waals surface area contributed by atoms with Crippen molar-refractivity contribution in [3.05, 3.63) is 42.0 Å². The maximum absolute atomic E-state index is 5.85. The average molecular weight is 269 g/mol. The largest absolute Gasteiger partial charge is 0.399 e.